The SMILES string of the molecule is CC/C(=N\NC(=O)OC(C)(C)C)c1ccc(Cl)s1. The van der Waals surface area contributed by atoms with Crippen LogP contribution in [0.25, 0.3) is 0 Å². The summed E-state index contributed by atoms with van der Waals surface area (Å²) in [6.07, 6.45) is 0.142. The summed E-state index contributed by atoms with van der Waals surface area (Å²) < 4.78 is 5.79. The predicted octanol–water partition coefficient (Wildman–Crippen LogP) is 4.04. The minimum Gasteiger partial charge on any atom is -0.443 e. The molecule has 0 radical (unpaired) electrons. The molecule has 1 aromatic rings. The third kappa shape index (κ3) is 5.06. The van der Waals surface area contributed by atoms with Gasteiger partial charge in [0.15, 0.2) is 0 Å². The number of thiophene rings is 1. The molecule has 0 bridgehead atoms. The van der Waals surface area contributed by atoms with Crippen molar-refractivity contribution in [3.8, 4) is 0 Å². The maximum absolute atomic E-state index is 11.5. The Labute approximate surface area is 116 Å². The second-order valence-electron chi connectivity index (χ2n) is 4.63. The first-order valence-electron chi connectivity index (χ1n) is 5.63. The van der Waals surface area contributed by atoms with Crippen LogP contribution >= 0.6 is 22.9 Å². The highest BCUT2D eigenvalue weighted by Crippen LogP contribution is 2.22. The van der Waals surface area contributed by atoms with Crippen LogP contribution in [-0.4, -0.2) is 17.4 Å². The summed E-state index contributed by atoms with van der Waals surface area (Å²) in [6, 6.07) is 3.69. The number of nitrogens with zero attached hydrogens (tertiary/aromatic N) is 1. The van der Waals surface area contributed by atoms with Crippen molar-refractivity contribution in [3.63, 3.8) is 0 Å². The summed E-state index contributed by atoms with van der Waals surface area (Å²) in [6.45, 7) is 7.37. The van der Waals surface area contributed by atoms with Gasteiger partial charge in [0.1, 0.15) is 5.60 Å². The third-order valence-electron chi connectivity index (χ3n) is 1.87. The molecular formula is C12H17ClN2O2S. The summed E-state index contributed by atoms with van der Waals surface area (Å²) in [5.41, 5.74) is 2.63. The summed E-state index contributed by atoms with van der Waals surface area (Å²) >= 11 is 7.29. The highest BCUT2D eigenvalue weighted by molar-refractivity contribution is 7.18. The number of halogens is 1. The van der Waals surface area contributed by atoms with E-state index in [-0.39, 0.29) is 0 Å². The number of rotatable bonds is 3. The van der Waals surface area contributed by atoms with Gasteiger partial charge < -0.3 is 4.74 Å². The Morgan fingerprint density at radius 2 is 2.17 bits per heavy atom. The standard InChI is InChI=1S/C12H17ClN2O2S/c1-5-8(9-6-7-10(13)18-9)14-15-11(16)17-12(2,3)4/h6-7H,5H2,1-4H3,(H,15,16)/b14-8+. The fourth-order valence-electron chi connectivity index (χ4n) is 1.19. The van der Waals surface area contributed by atoms with E-state index < -0.39 is 11.7 Å². The average molecular weight is 289 g/mol. The highest BCUT2D eigenvalue weighted by Gasteiger charge is 2.16. The van der Waals surface area contributed by atoms with Crippen molar-refractivity contribution < 1.29 is 9.53 Å². The Hall–Kier alpha value is -1.07. The molecule has 0 aliphatic rings. The number of carbonyl (C=O) groups is 1. The molecule has 0 atom stereocenters. The van der Waals surface area contributed by atoms with E-state index in [0.717, 1.165) is 10.6 Å². The zero-order chi connectivity index (χ0) is 13.8. The average Bonchev–Trinajstić information content (AvgIpc) is 2.63. The van der Waals surface area contributed by atoms with Crippen molar-refractivity contribution in [2.45, 2.75) is 39.7 Å². The summed E-state index contributed by atoms with van der Waals surface area (Å²) in [7, 11) is 0. The van der Waals surface area contributed by atoms with Gasteiger partial charge in [0.2, 0.25) is 0 Å². The highest BCUT2D eigenvalue weighted by atomic mass is 35.5. The predicted molar refractivity (Wildman–Crippen MR) is 75.5 cm³/mol. The molecule has 0 spiro atoms. The molecule has 0 fully saturated rings. The lowest BCUT2D eigenvalue weighted by molar-refractivity contribution is 0.0529. The molecule has 0 saturated carbocycles. The van der Waals surface area contributed by atoms with Crippen LogP contribution in [0.1, 0.15) is 39.0 Å². The van der Waals surface area contributed by atoms with Gasteiger partial charge in [-0.3, -0.25) is 0 Å². The number of amides is 1. The molecule has 0 aromatic carbocycles. The lowest BCUT2D eigenvalue weighted by atomic mass is 10.2. The van der Waals surface area contributed by atoms with Gasteiger partial charge in [-0.15, -0.1) is 11.3 Å². The minimum absolute atomic E-state index is 0.530. The second kappa shape index (κ2) is 6.20. The first-order valence-corrected chi connectivity index (χ1v) is 6.82. The van der Waals surface area contributed by atoms with E-state index in [0.29, 0.717) is 10.8 Å². The number of hydrogen-bond donors (Lipinski definition) is 1. The van der Waals surface area contributed by atoms with Gasteiger partial charge in [-0.05, 0) is 39.3 Å². The molecule has 1 aromatic heterocycles. The molecule has 0 saturated heterocycles. The zero-order valence-electron chi connectivity index (χ0n) is 10.9. The van der Waals surface area contributed by atoms with Crippen molar-refractivity contribution in [3.05, 3.63) is 21.3 Å². The second-order valence-corrected chi connectivity index (χ2v) is 6.34. The van der Waals surface area contributed by atoms with Crippen LogP contribution < -0.4 is 5.43 Å². The summed E-state index contributed by atoms with van der Waals surface area (Å²) in [5, 5.41) is 4.05. The Morgan fingerprint density at radius 3 is 2.61 bits per heavy atom. The molecule has 0 aliphatic carbocycles. The van der Waals surface area contributed by atoms with Crippen molar-refractivity contribution >= 4 is 34.7 Å². The van der Waals surface area contributed by atoms with Gasteiger partial charge in [0, 0.05) is 0 Å². The van der Waals surface area contributed by atoms with Crippen molar-refractivity contribution in [2.24, 2.45) is 5.10 Å². The maximum atomic E-state index is 11.5. The van der Waals surface area contributed by atoms with Gasteiger partial charge in [0.05, 0.1) is 14.9 Å². The number of carbonyl (C=O) groups excluding carboxylic acids is 1. The van der Waals surface area contributed by atoms with Gasteiger partial charge in [-0.2, -0.15) is 5.10 Å². The van der Waals surface area contributed by atoms with Gasteiger partial charge >= 0.3 is 6.09 Å². The maximum Gasteiger partial charge on any atom is 0.428 e. The summed E-state index contributed by atoms with van der Waals surface area (Å²) in [4.78, 5) is 12.4. The Kier molecular flexibility index (Phi) is 5.16. The first kappa shape index (κ1) is 15.0. The first-order chi connectivity index (χ1) is 8.31. The van der Waals surface area contributed by atoms with Crippen LogP contribution in [0.2, 0.25) is 4.34 Å². The van der Waals surface area contributed by atoms with Crippen LogP contribution in [-0.2, 0) is 4.74 Å². The Balaban J connectivity index is 2.67. The molecule has 6 heteroatoms. The number of hydrogen-bond acceptors (Lipinski definition) is 4. The van der Waals surface area contributed by atoms with Gasteiger partial charge in [0.25, 0.3) is 0 Å². The molecule has 100 valence electrons. The van der Waals surface area contributed by atoms with Crippen molar-refractivity contribution in [1.29, 1.82) is 0 Å². The lowest BCUT2D eigenvalue weighted by Crippen LogP contribution is -2.30. The zero-order valence-corrected chi connectivity index (χ0v) is 12.5. The number of hydrazone groups is 1. The van der Waals surface area contributed by atoms with E-state index in [2.05, 4.69) is 10.5 Å². The normalized spacial score (nSPS) is 12.4. The molecule has 18 heavy (non-hydrogen) atoms. The molecule has 1 heterocycles. The molecule has 0 unspecified atom stereocenters. The molecular weight excluding hydrogens is 272 g/mol. The quantitative estimate of drug-likeness (QED) is 0.674. The molecule has 0 aliphatic heterocycles. The number of nitrogens with one attached hydrogen (secondary N) is 1. The smallest absolute Gasteiger partial charge is 0.428 e. The largest absolute Gasteiger partial charge is 0.443 e. The van der Waals surface area contributed by atoms with Crippen LogP contribution in [0.3, 0.4) is 0 Å². The van der Waals surface area contributed by atoms with E-state index in [1.54, 1.807) is 26.8 Å². The Bertz CT molecular complexity index is 449. The van der Waals surface area contributed by atoms with E-state index in [4.69, 9.17) is 16.3 Å². The van der Waals surface area contributed by atoms with Crippen LogP contribution in [0.15, 0.2) is 17.2 Å². The Morgan fingerprint density at radius 1 is 1.50 bits per heavy atom. The molecule has 1 amide bonds. The fraction of sp³-hybridized carbons (Fsp3) is 0.500. The molecule has 1 rings (SSSR count). The van der Waals surface area contributed by atoms with Crippen LogP contribution in [0.5, 0.6) is 0 Å². The molecule has 4 nitrogen and oxygen atoms in total. The van der Waals surface area contributed by atoms with Crippen LogP contribution in [0, 0.1) is 0 Å². The number of ether oxygens (including phenoxy) is 1. The van der Waals surface area contributed by atoms with Crippen LogP contribution in [0.4, 0.5) is 4.79 Å². The van der Waals surface area contributed by atoms with E-state index >= 15 is 0 Å². The fourth-order valence-corrected chi connectivity index (χ4v) is 2.29. The lowest BCUT2D eigenvalue weighted by Gasteiger charge is -2.18. The van der Waals surface area contributed by atoms with Gasteiger partial charge in [-0.25, -0.2) is 10.2 Å². The monoisotopic (exact) mass is 288 g/mol. The van der Waals surface area contributed by atoms with Crippen molar-refractivity contribution in [1.82, 2.24) is 5.43 Å². The van der Waals surface area contributed by atoms with Crippen molar-refractivity contribution in [2.75, 3.05) is 0 Å². The molecule has 1 N–H and O–H groups in total. The van der Waals surface area contributed by atoms with E-state index in [1.165, 1.54) is 11.3 Å². The third-order valence-corrected chi connectivity index (χ3v) is 3.15. The summed E-state index contributed by atoms with van der Waals surface area (Å²) in [5.74, 6) is 0. The minimum atomic E-state index is -0.559. The topological polar surface area (TPSA) is 50.7 Å². The van der Waals surface area contributed by atoms with E-state index in [9.17, 15) is 4.79 Å². The van der Waals surface area contributed by atoms with E-state index in [1.807, 2.05) is 13.0 Å². The van der Waals surface area contributed by atoms with Gasteiger partial charge in [-0.1, -0.05) is 18.5 Å².